The Morgan fingerprint density at radius 3 is 2.51 bits per heavy atom. The molecule has 2 aliphatic carbocycles. The Labute approximate surface area is 230 Å². The molecule has 3 aromatic heterocycles. The van der Waals surface area contributed by atoms with Crippen molar-refractivity contribution in [2.24, 2.45) is 5.92 Å². The minimum absolute atomic E-state index is 0.0490. The fourth-order valence-electron chi connectivity index (χ4n) is 5.14. The number of aromatic amines is 1. The molecule has 0 bridgehead atoms. The van der Waals surface area contributed by atoms with Crippen LogP contribution in [-0.4, -0.2) is 45.8 Å². The van der Waals surface area contributed by atoms with E-state index >= 15 is 0 Å². The average Bonchev–Trinajstić information content (AvgIpc) is 3.50. The molecule has 3 heterocycles. The summed E-state index contributed by atoms with van der Waals surface area (Å²) in [4.78, 5) is 53.0. The number of amides is 3. The van der Waals surface area contributed by atoms with Gasteiger partial charge in [0.2, 0.25) is 5.91 Å². The Balaban J connectivity index is 1.29. The van der Waals surface area contributed by atoms with Gasteiger partial charge in [-0.1, -0.05) is 19.3 Å². The summed E-state index contributed by atoms with van der Waals surface area (Å²) < 4.78 is 0. The molecule has 1 aromatic carbocycles. The van der Waals surface area contributed by atoms with Crippen LogP contribution in [0.2, 0.25) is 0 Å². The molecule has 0 spiro atoms. The van der Waals surface area contributed by atoms with Crippen LogP contribution in [0, 0.1) is 5.92 Å². The van der Waals surface area contributed by atoms with Crippen molar-refractivity contribution in [3.8, 4) is 10.6 Å². The van der Waals surface area contributed by atoms with Gasteiger partial charge in [-0.3, -0.25) is 19.4 Å². The van der Waals surface area contributed by atoms with Crippen molar-refractivity contribution >= 4 is 51.5 Å². The number of anilines is 2. The number of carbonyl (C=O) groups is 3. The zero-order valence-electron chi connectivity index (χ0n) is 21.7. The van der Waals surface area contributed by atoms with Gasteiger partial charge in [0.1, 0.15) is 16.5 Å². The molecule has 0 radical (unpaired) electrons. The molecule has 2 fully saturated rings. The van der Waals surface area contributed by atoms with Crippen molar-refractivity contribution in [3.63, 3.8) is 0 Å². The highest BCUT2D eigenvalue weighted by Crippen LogP contribution is 2.33. The van der Waals surface area contributed by atoms with Crippen LogP contribution in [0.4, 0.5) is 11.5 Å². The average molecular weight is 543 g/mol. The second-order valence-corrected chi connectivity index (χ2v) is 11.2. The number of hydrogen-bond acceptors (Lipinski definition) is 6. The van der Waals surface area contributed by atoms with Gasteiger partial charge in [-0.25, -0.2) is 4.98 Å². The Bertz CT molecular complexity index is 1540. The van der Waals surface area contributed by atoms with E-state index < -0.39 is 5.91 Å². The summed E-state index contributed by atoms with van der Waals surface area (Å²) >= 11 is 1.37. The van der Waals surface area contributed by atoms with Gasteiger partial charge in [0.05, 0.1) is 5.56 Å². The van der Waals surface area contributed by atoms with Crippen LogP contribution >= 0.6 is 11.3 Å². The van der Waals surface area contributed by atoms with Gasteiger partial charge in [0.15, 0.2) is 0 Å². The minimum Gasteiger partial charge on any atom is -0.349 e. The second kappa shape index (κ2) is 10.6. The summed E-state index contributed by atoms with van der Waals surface area (Å²) in [7, 11) is 1.80. The fourth-order valence-corrected chi connectivity index (χ4v) is 5.95. The van der Waals surface area contributed by atoms with E-state index in [4.69, 9.17) is 0 Å². The summed E-state index contributed by atoms with van der Waals surface area (Å²) in [6, 6.07) is 9.40. The first-order chi connectivity index (χ1) is 19.0. The standard InChI is InChI=1S/C29H30N6O3S/c1-35(29(38)18-5-3-2-4-6-18)20-9-10-21-22(15-20)32-25(24(21)27(37)31-19-7-8-19)34-26(36)23-16-39-28(33-23)17-11-13-30-14-12-17/h9-16,18-19,32H,2-8H2,1H3,(H,31,37)(H,34,36). The number of rotatable bonds is 7. The van der Waals surface area contributed by atoms with Gasteiger partial charge in [0.25, 0.3) is 11.8 Å². The largest absolute Gasteiger partial charge is 0.349 e. The third-order valence-corrected chi connectivity index (χ3v) is 8.39. The summed E-state index contributed by atoms with van der Waals surface area (Å²) in [5, 5.41) is 8.99. The molecule has 0 atom stereocenters. The number of nitrogens with one attached hydrogen (secondary N) is 3. The Morgan fingerprint density at radius 2 is 1.77 bits per heavy atom. The van der Waals surface area contributed by atoms with E-state index in [9.17, 15) is 14.4 Å². The molecule has 200 valence electrons. The maximum absolute atomic E-state index is 13.3. The van der Waals surface area contributed by atoms with Crippen LogP contribution < -0.4 is 15.5 Å². The van der Waals surface area contributed by atoms with Crippen LogP contribution in [0.15, 0.2) is 48.1 Å². The lowest BCUT2D eigenvalue weighted by Crippen LogP contribution is -2.33. The summed E-state index contributed by atoms with van der Waals surface area (Å²) in [6.45, 7) is 0. The molecule has 4 aromatic rings. The number of fused-ring (bicyclic) bond motifs is 1. The third kappa shape index (κ3) is 5.29. The van der Waals surface area contributed by atoms with E-state index in [0.29, 0.717) is 27.3 Å². The van der Waals surface area contributed by atoms with Crippen LogP contribution in [0.1, 0.15) is 65.8 Å². The number of nitrogens with zero attached hydrogens (tertiary/aromatic N) is 3. The van der Waals surface area contributed by atoms with Crippen molar-refractivity contribution < 1.29 is 14.4 Å². The SMILES string of the molecule is CN(C(=O)C1CCCCC1)c1ccc2c(C(=O)NC3CC3)c(NC(=O)c3csc(-c4ccncc4)n3)[nH]c2c1. The molecule has 6 rings (SSSR count). The number of aromatic nitrogens is 3. The van der Waals surface area contributed by atoms with Crippen molar-refractivity contribution in [3.05, 3.63) is 59.4 Å². The first-order valence-corrected chi connectivity index (χ1v) is 14.3. The number of hydrogen-bond donors (Lipinski definition) is 3. The number of thiazole rings is 1. The quantitative estimate of drug-likeness (QED) is 0.290. The molecule has 2 saturated carbocycles. The van der Waals surface area contributed by atoms with Gasteiger partial charge in [-0.2, -0.15) is 0 Å². The fraction of sp³-hybridized carbons (Fsp3) is 0.345. The summed E-state index contributed by atoms with van der Waals surface area (Å²) in [6.07, 6.45) is 10.5. The molecule has 9 nitrogen and oxygen atoms in total. The van der Waals surface area contributed by atoms with Crippen LogP contribution in [0.3, 0.4) is 0 Å². The molecule has 39 heavy (non-hydrogen) atoms. The maximum atomic E-state index is 13.3. The number of benzene rings is 1. The topological polar surface area (TPSA) is 120 Å². The zero-order chi connectivity index (χ0) is 26.9. The van der Waals surface area contributed by atoms with E-state index in [1.165, 1.54) is 17.8 Å². The van der Waals surface area contributed by atoms with E-state index in [2.05, 4.69) is 25.6 Å². The van der Waals surface area contributed by atoms with Gasteiger partial charge >= 0.3 is 0 Å². The highest BCUT2D eigenvalue weighted by atomic mass is 32.1. The number of pyridine rings is 1. The molecule has 0 aliphatic heterocycles. The summed E-state index contributed by atoms with van der Waals surface area (Å²) in [5.74, 6) is -0.176. The molecule has 0 saturated heterocycles. The predicted molar refractivity (Wildman–Crippen MR) is 152 cm³/mol. The van der Waals surface area contributed by atoms with Crippen LogP contribution in [0.5, 0.6) is 0 Å². The molecule has 3 amide bonds. The Hall–Kier alpha value is -4.05. The van der Waals surface area contributed by atoms with Gasteiger partial charge < -0.3 is 20.5 Å². The van der Waals surface area contributed by atoms with Crippen molar-refractivity contribution in [2.45, 2.75) is 51.0 Å². The van der Waals surface area contributed by atoms with E-state index in [1.54, 1.807) is 29.7 Å². The third-order valence-electron chi connectivity index (χ3n) is 7.50. The van der Waals surface area contributed by atoms with Gasteiger partial charge in [-0.05, 0) is 56.0 Å². The van der Waals surface area contributed by atoms with E-state index in [1.807, 2.05) is 30.3 Å². The number of H-pyrrole nitrogens is 1. The zero-order valence-corrected chi connectivity index (χ0v) is 22.5. The molecule has 10 heteroatoms. The maximum Gasteiger partial charge on any atom is 0.276 e. The van der Waals surface area contributed by atoms with Crippen molar-refractivity contribution in [1.29, 1.82) is 0 Å². The molecule has 3 N–H and O–H groups in total. The Morgan fingerprint density at radius 1 is 1.00 bits per heavy atom. The van der Waals surface area contributed by atoms with Gasteiger partial charge in [-0.15, -0.1) is 11.3 Å². The Kier molecular flexibility index (Phi) is 6.86. The lowest BCUT2D eigenvalue weighted by Gasteiger charge is -2.26. The van der Waals surface area contributed by atoms with Crippen LogP contribution in [-0.2, 0) is 4.79 Å². The molecular formula is C29H30N6O3S. The van der Waals surface area contributed by atoms with Crippen molar-refractivity contribution in [2.75, 3.05) is 17.3 Å². The van der Waals surface area contributed by atoms with Gasteiger partial charge in [0, 0.05) is 58.9 Å². The number of carbonyl (C=O) groups excluding carboxylic acids is 3. The molecule has 0 unspecified atom stereocenters. The second-order valence-electron chi connectivity index (χ2n) is 10.3. The first kappa shape index (κ1) is 25.2. The lowest BCUT2D eigenvalue weighted by molar-refractivity contribution is -0.123. The molecular weight excluding hydrogens is 512 g/mol. The first-order valence-electron chi connectivity index (χ1n) is 13.4. The normalized spacial score (nSPS) is 15.7. The minimum atomic E-state index is -0.414. The van der Waals surface area contributed by atoms with Crippen LogP contribution in [0.25, 0.3) is 21.5 Å². The lowest BCUT2D eigenvalue weighted by atomic mass is 9.88. The van der Waals surface area contributed by atoms with Crippen molar-refractivity contribution in [1.82, 2.24) is 20.3 Å². The smallest absolute Gasteiger partial charge is 0.276 e. The molecule has 2 aliphatic rings. The summed E-state index contributed by atoms with van der Waals surface area (Å²) in [5.41, 5.74) is 2.93. The highest BCUT2D eigenvalue weighted by Gasteiger charge is 2.29. The van der Waals surface area contributed by atoms with E-state index in [-0.39, 0.29) is 29.5 Å². The monoisotopic (exact) mass is 542 g/mol. The highest BCUT2D eigenvalue weighted by molar-refractivity contribution is 7.13. The van der Waals surface area contributed by atoms with E-state index in [0.717, 1.165) is 49.8 Å². The predicted octanol–water partition coefficient (Wildman–Crippen LogP) is 5.37.